The van der Waals surface area contributed by atoms with E-state index in [1.54, 1.807) is 20.8 Å². The summed E-state index contributed by atoms with van der Waals surface area (Å²) in [6, 6.07) is 0. The van der Waals surface area contributed by atoms with Crippen LogP contribution in [-0.2, 0) is 9.53 Å². The van der Waals surface area contributed by atoms with Gasteiger partial charge in [0.25, 0.3) is 5.97 Å². The van der Waals surface area contributed by atoms with E-state index in [9.17, 15) is 18.0 Å². The van der Waals surface area contributed by atoms with E-state index >= 15 is 0 Å². The number of esters is 1. The van der Waals surface area contributed by atoms with Gasteiger partial charge in [0, 0.05) is 5.41 Å². The van der Waals surface area contributed by atoms with Gasteiger partial charge in [-0.1, -0.05) is 43.4 Å². The minimum Gasteiger partial charge on any atom is -0.461 e. The van der Waals surface area contributed by atoms with E-state index in [2.05, 4.69) is 0 Å². The SMILES string of the molecule is CC(C)(C)OC(=O)C1(C(F)(F)F)CC2(C)C[C-]1C1C3CCC(C3)C12.[Rf].[Rf]. The molecular formula is C19H26F3O2Rf2-. The summed E-state index contributed by atoms with van der Waals surface area (Å²) in [7, 11) is 0. The molecule has 0 aliphatic heterocycles. The van der Waals surface area contributed by atoms with E-state index in [0.29, 0.717) is 30.1 Å². The molecule has 26 heavy (non-hydrogen) atoms. The maximum absolute atomic E-state index is 14.2. The molecule has 2 nitrogen and oxygen atoms in total. The fourth-order valence-corrected chi connectivity index (χ4v) is 6.77. The van der Waals surface area contributed by atoms with E-state index in [-0.39, 0.29) is 12.3 Å². The number of halogens is 3. The summed E-state index contributed by atoms with van der Waals surface area (Å²) in [5, 5.41) is 0. The third-order valence-electron chi connectivity index (χ3n) is 7.17. The maximum Gasteiger partial charge on any atom is 0.378 e. The Hall–Kier alpha value is -2.74. The zero-order chi connectivity index (χ0) is 17.7. The zero-order valence-corrected chi connectivity index (χ0v) is 29.0. The van der Waals surface area contributed by atoms with Gasteiger partial charge >= 0.3 is 6.18 Å². The summed E-state index contributed by atoms with van der Waals surface area (Å²) in [6.07, 6.45) is -1.01. The average Bonchev–Trinajstić information content (AvgIpc) is 3.09. The minimum absolute atomic E-state index is 0. The topological polar surface area (TPSA) is 26.3 Å². The van der Waals surface area contributed by atoms with Gasteiger partial charge in [-0.15, -0.1) is 0 Å². The van der Waals surface area contributed by atoms with E-state index in [0.717, 1.165) is 19.3 Å². The maximum atomic E-state index is 14.2. The molecule has 4 aliphatic carbocycles. The summed E-state index contributed by atoms with van der Waals surface area (Å²) >= 11 is 0. The number of alkyl halides is 3. The fourth-order valence-electron chi connectivity index (χ4n) is 6.77. The summed E-state index contributed by atoms with van der Waals surface area (Å²) < 4.78 is 48.0. The average molecular weight is 877 g/mol. The quantitative estimate of drug-likeness (QED) is 0.213. The van der Waals surface area contributed by atoms with Crippen molar-refractivity contribution >= 4 is 5.97 Å². The van der Waals surface area contributed by atoms with Crippen LogP contribution in [0.2, 0.25) is 0 Å². The molecule has 0 radical (unpaired) electrons. The number of carbonyl (C=O) groups is 1. The molecule has 7 heteroatoms. The van der Waals surface area contributed by atoms with Crippen LogP contribution in [0.4, 0.5) is 13.2 Å². The van der Waals surface area contributed by atoms with E-state index in [1.165, 1.54) is 0 Å². The number of carbonyl (C=O) groups excluding carboxylic acids is 1. The molecule has 4 bridgehead atoms. The molecule has 4 aliphatic rings. The van der Waals surface area contributed by atoms with Gasteiger partial charge in [0.15, 0.2) is 0 Å². The first-order valence-electron chi connectivity index (χ1n) is 9.05. The molecule has 0 aromatic heterocycles. The second-order valence-corrected chi connectivity index (χ2v) is 9.82. The van der Waals surface area contributed by atoms with Crippen LogP contribution in [0.25, 0.3) is 0 Å². The predicted octanol–water partition coefficient (Wildman–Crippen LogP) is 4.93. The first-order chi connectivity index (χ1) is 10.9. The van der Waals surface area contributed by atoms with Crippen molar-refractivity contribution in [2.45, 2.75) is 71.6 Å². The molecule has 0 saturated heterocycles. The van der Waals surface area contributed by atoms with Gasteiger partial charge in [0.2, 0.25) is 0 Å². The van der Waals surface area contributed by atoms with E-state index in [1.807, 2.05) is 6.92 Å². The third-order valence-corrected chi connectivity index (χ3v) is 7.17. The Balaban J connectivity index is 0.00000121. The van der Waals surface area contributed by atoms with Crippen molar-refractivity contribution in [1.29, 1.82) is 0 Å². The molecule has 0 heterocycles. The van der Waals surface area contributed by atoms with Crippen molar-refractivity contribution in [2.24, 2.45) is 34.5 Å². The molecule has 0 N–H and O–H groups in total. The Bertz CT molecular complexity index is 588. The Morgan fingerprint density at radius 3 is 2.23 bits per heavy atom. The van der Waals surface area contributed by atoms with Gasteiger partial charge in [-0.05, 0) is 33.1 Å². The first-order valence-corrected chi connectivity index (χ1v) is 9.05. The Morgan fingerprint density at radius 2 is 1.69 bits per heavy atom. The second-order valence-electron chi connectivity index (χ2n) is 9.82. The molecule has 0 spiro atoms. The van der Waals surface area contributed by atoms with Crippen LogP contribution in [0, 0.1) is 40.4 Å². The van der Waals surface area contributed by atoms with Crippen molar-refractivity contribution in [3.63, 3.8) is 0 Å². The zero-order valence-electron chi connectivity index (χ0n) is 16.2. The standard InChI is InChI=1S/C19H26F3O2.2Rf/c1-16(2,3)24-15(23)18(19(20,21)22)9-17(4)8-12(18)13-10-5-6-11(7-10)14(13)17;;/h10-11,13-14H,5-9H2,1-4H3;;/q-1;;. The Labute approximate surface area is 141 Å². The summed E-state index contributed by atoms with van der Waals surface area (Å²) in [4.78, 5) is 12.8. The van der Waals surface area contributed by atoms with Crippen LogP contribution in [-0.4, -0.2) is 17.7 Å². The second kappa shape index (κ2) is 4.91. The molecule has 140 valence electrons. The summed E-state index contributed by atoms with van der Waals surface area (Å²) in [5.41, 5.74) is -3.68. The Kier molecular flexibility index (Phi) is 3.70. The number of hydrogen-bond acceptors (Lipinski definition) is 2. The first kappa shape index (κ1) is 19.6. The van der Waals surface area contributed by atoms with Gasteiger partial charge in [-0.25, -0.2) is 0 Å². The van der Waals surface area contributed by atoms with E-state index < -0.39 is 28.6 Å². The number of ether oxygens (including phenoxy) is 1. The van der Waals surface area contributed by atoms with Gasteiger partial charge in [0.1, 0.15) is 5.60 Å². The monoisotopic (exact) mass is 877 g/mol. The van der Waals surface area contributed by atoms with Crippen LogP contribution in [0.5, 0.6) is 0 Å². The van der Waals surface area contributed by atoms with Gasteiger partial charge < -0.3 is 4.74 Å². The fraction of sp³-hybridized carbons (Fsp3) is 0.895. The molecular weight excluding hydrogens is 851 g/mol. The molecule has 4 rings (SSSR count). The summed E-state index contributed by atoms with van der Waals surface area (Å²) in [6.45, 7) is 6.88. The number of fused-ring (bicyclic) bond motifs is 9. The molecule has 0 aromatic rings. The molecule has 6 unspecified atom stereocenters. The van der Waals surface area contributed by atoms with Crippen molar-refractivity contribution in [3.8, 4) is 0 Å². The number of rotatable bonds is 1. The van der Waals surface area contributed by atoms with Crippen molar-refractivity contribution in [1.82, 2.24) is 0 Å². The molecule has 4 saturated carbocycles. The normalized spacial score (nSPS) is 43.7. The van der Waals surface area contributed by atoms with Crippen LogP contribution >= 0.6 is 0 Å². The molecule has 6 atom stereocenters. The van der Waals surface area contributed by atoms with Crippen molar-refractivity contribution in [2.75, 3.05) is 0 Å². The summed E-state index contributed by atoms with van der Waals surface area (Å²) in [5.74, 6) is 0.640. The van der Waals surface area contributed by atoms with Gasteiger partial charge in [-0.3, -0.25) is 10.7 Å². The minimum atomic E-state index is -4.57. The third kappa shape index (κ3) is 2.05. The van der Waals surface area contributed by atoms with Gasteiger partial charge in [-0.2, -0.15) is 25.5 Å². The molecule has 4 fully saturated rings. The largest absolute Gasteiger partial charge is 0.461 e. The van der Waals surface area contributed by atoms with Crippen LogP contribution in [0.15, 0.2) is 0 Å². The van der Waals surface area contributed by atoms with Crippen molar-refractivity contribution < 1.29 is 22.7 Å². The van der Waals surface area contributed by atoms with Crippen LogP contribution in [0.1, 0.15) is 59.8 Å². The van der Waals surface area contributed by atoms with Crippen molar-refractivity contribution in [3.05, 3.63) is 5.92 Å². The molecule has 0 amide bonds. The smallest absolute Gasteiger partial charge is 0.378 e. The predicted molar refractivity (Wildman–Crippen MR) is 82.7 cm³/mol. The Morgan fingerprint density at radius 1 is 1.12 bits per heavy atom. The van der Waals surface area contributed by atoms with Crippen LogP contribution < -0.4 is 0 Å². The number of hydrogen-bond donors (Lipinski definition) is 0. The van der Waals surface area contributed by atoms with E-state index in [4.69, 9.17) is 4.74 Å². The van der Waals surface area contributed by atoms with Gasteiger partial charge in [0.05, 0.1) is 0 Å². The van der Waals surface area contributed by atoms with Crippen LogP contribution in [0.3, 0.4) is 0 Å². The molecule has 0 aromatic carbocycles.